The second-order valence-corrected chi connectivity index (χ2v) is 5.92. The monoisotopic (exact) mass is 287 g/mol. The van der Waals surface area contributed by atoms with Crippen LogP contribution in [0, 0.1) is 0 Å². The zero-order valence-corrected chi connectivity index (χ0v) is 12.6. The number of ketones is 1. The lowest BCUT2D eigenvalue weighted by Crippen LogP contribution is -2.54. The highest BCUT2D eigenvalue weighted by atomic mass is 16.2. The van der Waals surface area contributed by atoms with Gasteiger partial charge < -0.3 is 16.0 Å². The summed E-state index contributed by atoms with van der Waals surface area (Å²) in [5, 5.41) is 3.79. The Morgan fingerprint density at radius 1 is 1.33 bits per heavy atom. The van der Waals surface area contributed by atoms with Gasteiger partial charge in [-0.2, -0.15) is 0 Å². The van der Waals surface area contributed by atoms with Crippen LogP contribution in [0.3, 0.4) is 0 Å². The van der Waals surface area contributed by atoms with Gasteiger partial charge in [0, 0.05) is 23.5 Å². The van der Waals surface area contributed by atoms with Crippen LogP contribution in [0.15, 0.2) is 30.5 Å². The zero-order chi connectivity index (χ0) is 15.6. The minimum atomic E-state index is -1.01. The third-order valence-corrected chi connectivity index (χ3v) is 3.48. The van der Waals surface area contributed by atoms with E-state index in [1.54, 1.807) is 13.8 Å². The first kappa shape index (κ1) is 15.3. The summed E-state index contributed by atoms with van der Waals surface area (Å²) in [4.78, 5) is 26.9. The molecule has 0 radical (unpaired) electrons. The number of carbonyl (C=O) groups excluding carboxylic acids is 2. The minimum Gasteiger partial charge on any atom is -0.361 e. The third-order valence-electron chi connectivity index (χ3n) is 3.48. The van der Waals surface area contributed by atoms with Crippen LogP contribution >= 0.6 is 0 Å². The maximum atomic E-state index is 12.0. The molecular formula is C16H21N3O2. The van der Waals surface area contributed by atoms with E-state index in [-0.39, 0.29) is 11.7 Å². The number of nitrogens with one attached hydrogen (secondary N) is 2. The number of para-hydroxylation sites is 1. The van der Waals surface area contributed by atoms with Gasteiger partial charge in [-0.1, -0.05) is 18.2 Å². The molecule has 2 rings (SSSR count). The number of nitrogens with two attached hydrogens (primary N) is 1. The lowest BCUT2D eigenvalue weighted by Gasteiger charge is -2.22. The number of amides is 1. The summed E-state index contributed by atoms with van der Waals surface area (Å²) in [6, 6.07) is 7.30. The molecule has 112 valence electrons. The van der Waals surface area contributed by atoms with Gasteiger partial charge in [-0.25, -0.2) is 0 Å². The Morgan fingerprint density at radius 2 is 2.00 bits per heavy atom. The highest BCUT2D eigenvalue weighted by Gasteiger charge is 2.27. The Balaban J connectivity index is 2.21. The lowest BCUT2D eigenvalue weighted by molar-refractivity contribution is -0.129. The van der Waals surface area contributed by atoms with Gasteiger partial charge in [0.15, 0.2) is 5.78 Å². The molecule has 21 heavy (non-hydrogen) atoms. The van der Waals surface area contributed by atoms with E-state index in [9.17, 15) is 9.59 Å². The Morgan fingerprint density at radius 3 is 2.62 bits per heavy atom. The maximum Gasteiger partial charge on any atom is 0.240 e. The van der Waals surface area contributed by atoms with Crippen molar-refractivity contribution >= 4 is 22.6 Å². The highest BCUT2D eigenvalue weighted by Crippen LogP contribution is 2.19. The maximum absolute atomic E-state index is 12.0. The van der Waals surface area contributed by atoms with Crippen molar-refractivity contribution < 1.29 is 9.59 Å². The van der Waals surface area contributed by atoms with Gasteiger partial charge in [0.25, 0.3) is 0 Å². The fourth-order valence-corrected chi connectivity index (χ4v) is 2.16. The molecule has 1 atom stereocenters. The van der Waals surface area contributed by atoms with Gasteiger partial charge in [0.2, 0.25) is 5.91 Å². The van der Waals surface area contributed by atoms with Gasteiger partial charge in [-0.3, -0.25) is 9.59 Å². The van der Waals surface area contributed by atoms with Crippen molar-refractivity contribution in [3.05, 3.63) is 36.0 Å². The largest absolute Gasteiger partial charge is 0.361 e. The van der Waals surface area contributed by atoms with Crippen molar-refractivity contribution in [1.82, 2.24) is 10.3 Å². The number of aromatic nitrogens is 1. The normalized spacial score (nSPS) is 13.1. The topological polar surface area (TPSA) is 88.0 Å². The first-order valence-corrected chi connectivity index (χ1v) is 6.94. The van der Waals surface area contributed by atoms with Gasteiger partial charge in [0.05, 0.1) is 11.6 Å². The van der Waals surface area contributed by atoms with Crippen molar-refractivity contribution in [3.8, 4) is 0 Å². The predicted molar refractivity (Wildman–Crippen MR) is 82.9 cm³/mol. The number of hydrogen-bond donors (Lipinski definition) is 3. The average Bonchev–Trinajstić information content (AvgIpc) is 2.80. The molecule has 0 aliphatic rings. The molecule has 5 heteroatoms. The van der Waals surface area contributed by atoms with E-state index in [0.717, 1.165) is 16.5 Å². The Kier molecular flexibility index (Phi) is 4.14. The van der Waals surface area contributed by atoms with E-state index >= 15 is 0 Å². The second-order valence-electron chi connectivity index (χ2n) is 5.92. The molecule has 1 amide bonds. The van der Waals surface area contributed by atoms with Crippen molar-refractivity contribution in [2.45, 2.75) is 38.8 Å². The number of carbonyl (C=O) groups is 2. The summed E-state index contributed by atoms with van der Waals surface area (Å²) in [6.07, 6.45) is 2.32. The van der Waals surface area contributed by atoms with Crippen LogP contribution in [0.25, 0.3) is 10.9 Å². The second kappa shape index (κ2) is 5.69. The standard InChI is InChI=1S/C16H21N3O2/c1-10(20)14(19-15(21)16(2,3)17)8-11-9-18-13-7-5-4-6-12(11)13/h4-7,9,14,18H,8,17H2,1-3H3,(H,19,21)/t14-/m1/s1. The van der Waals surface area contributed by atoms with Crippen molar-refractivity contribution in [2.24, 2.45) is 5.73 Å². The summed E-state index contributed by atoms with van der Waals surface area (Å²) in [5.41, 5.74) is 6.77. The van der Waals surface area contributed by atoms with Gasteiger partial charge in [0.1, 0.15) is 0 Å². The molecule has 0 aliphatic carbocycles. The van der Waals surface area contributed by atoms with Crippen LogP contribution in [-0.2, 0) is 16.0 Å². The number of H-pyrrole nitrogens is 1. The quantitative estimate of drug-likeness (QED) is 0.779. The zero-order valence-electron chi connectivity index (χ0n) is 12.6. The Hall–Kier alpha value is -2.14. The summed E-state index contributed by atoms with van der Waals surface area (Å²) < 4.78 is 0. The van der Waals surface area contributed by atoms with Crippen LogP contribution in [0.1, 0.15) is 26.3 Å². The molecule has 0 aliphatic heterocycles. The fraction of sp³-hybridized carbons (Fsp3) is 0.375. The summed E-state index contributed by atoms with van der Waals surface area (Å²) in [6.45, 7) is 4.71. The molecule has 1 aromatic carbocycles. The SMILES string of the molecule is CC(=O)[C@@H](Cc1c[nH]c2ccccc12)NC(=O)C(C)(C)N. The number of aromatic amines is 1. The van der Waals surface area contributed by atoms with Gasteiger partial charge in [-0.15, -0.1) is 0 Å². The molecular weight excluding hydrogens is 266 g/mol. The molecule has 1 aromatic heterocycles. The number of fused-ring (bicyclic) bond motifs is 1. The Labute approximate surface area is 123 Å². The first-order valence-electron chi connectivity index (χ1n) is 6.94. The molecule has 0 saturated carbocycles. The van der Waals surface area contributed by atoms with Gasteiger partial charge in [-0.05, 0) is 32.4 Å². The van der Waals surface area contributed by atoms with E-state index in [2.05, 4.69) is 10.3 Å². The molecule has 0 spiro atoms. The fourth-order valence-electron chi connectivity index (χ4n) is 2.16. The molecule has 4 N–H and O–H groups in total. The first-order chi connectivity index (χ1) is 9.79. The van der Waals surface area contributed by atoms with E-state index in [1.165, 1.54) is 6.92 Å². The number of rotatable bonds is 5. The van der Waals surface area contributed by atoms with Crippen molar-refractivity contribution in [2.75, 3.05) is 0 Å². The lowest BCUT2D eigenvalue weighted by atomic mass is 10.00. The van der Waals surface area contributed by atoms with Crippen LogP contribution in [0.2, 0.25) is 0 Å². The smallest absolute Gasteiger partial charge is 0.240 e. The van der Waals surface area contributed by atoms with Gasteiger partial charge >= 0.3 is 0 Å². The molecule has 0 saturated heterocycles. The highest BCUT2D eigenvalue weighted by molar-refractivity contribution is 5.92. The van der Waals surface area contributed by atoms with Crippen LogP contribution in [-0.4, -0.2) is 28.3 Å². The molecule has 2 aromatic rings. The van der Waals surface area contributed by atoms with E-state index in [4.69, 9.17) is 5.73 Å². The van der Waals surface area contributed by atoms with Crippen LogP contribution < -0.4 is 11.1 Å². The average molecular weight is 287 g/mol. The van der Waals surface area contributed by atoms with Crippen molar-refractivity contribution in [3.63, 3.8) is 0 Å². The molecule has 0 unspecified atom stereocenters. The number of benzene rings is 1. The molecule has 0 fully saturated rings. The van der Waals surface area contributed by atoms with E-state index in [0.29, 0.717) is 6.42 Å². The number of hydrogen-bond acceptors (Lipinski definition) is 3. The van der Waals surface area contributed by atoms with Crippen LogP contribution in [0.4, 0.5) is 0 Å². The third kappa shape index (κ3) is 3.49. The minimum absolute atomic E-state index is 0.0853. The van der Waals surface area contributed by atoms with Crippen molar-refractivity contribution in [1.29, 1.82) is 0 Å². The molecule has 1 heterocycles. The van der Waals surface area contributed by atoms with E-state index < -0.39 is 11.6 Å². The van der Waals surface area contributed by atoms with Crippen LogP contribution in [0.5, 0.6) is 0 Å². The summed E-state index contributed by atoms with van der Waals surface area (Å²) in [5.74, 6) is -0.416. The Bertz CT molecular complexity index is 667. The molecule has 5 nitrogen and oxygen atoms in total. The summed E-state index contributed by atoms with van der Waals surface area (Å²) >= 11 is 0. The predicted octanol–water partition coefficient (Wildman–Crippen LogP) is 1.52. The molecule has 0 bridgehead atoms. The van der Waals surface area contributed by atoms with E-state index in [1.807, 2.05) is 30.5 Å². The number of Topliss-reactive ketones (excluding diaryl/α,β-unsaturated/α-hetero) is 1. The summed E-state index contributed by atoms with van der Waals surface area (Å²) in [7, 11) is 0.